The van der Waals surface area contributed by atoms with Gasteiger partial charge in [-0.3, -0.25) is 0 Å². The van der Waals surface area contributed by atoms with E-state index in [1.165, 1.54) is 22.3 Å². The predicted molar refractivity (Wildman–Crippen MR) is 124 cm³/mol. The third-order valence-electron chi connectivity index (χ3n) is 7.03. The quantitative estimate of drug-likeness (QED) is 0.347. The number of hydrogen-bond donors (Lipinski definition) is 0. The van der Waals surface area contributed by atoms with E-state index in [0.717, 1.165) is 37.3 Å². The van der Waals surface area contributed by atoms with Crippen molar-refractivity contribution >= 4 is 19.9 Å². The van der Waals surface area contributed by atoms with Crippen LogP contribution >= 0.6 is 11.6 Å². The summed E-state index contributed by atoms with van der Waals surface area (Å²) >= 11 is 6.42. The Labute approximate surface area is 177 Å². The van der Waals surface area contributed by atoms with Gasteiger partial charge in [0.2, 0.25) is 0 Å². The summed E-state index contributed by atoms with van der Waals surface area (Å²) in [5.74, 6) is 0. The van der Waals surface area contributed by atoms with Crippen LogP contribution in [0.25, 0.3) is 0 Å². The zero-order chi connectivity index (χ0) is 20.6. The second kappa shape index (κ2) is 7.97. The summed E-state index contributed by atoms with van der Waals surface area (Å²) in [5.41, 5.74) is 5.67. The fourth-order valence-electron chi connectivity index (χ4n) is 4.19. The van der Waals surface area contributed by atoms with Crippen molar-refractivity contribution in [2.24, 2.45) is 0 Å². The SMILES string of the molecule is Cc1ccc(C2(CCCO[Si](C)(C)C(C)(C)C)CCc3ccc(Cl)cc32)cc1. The van der Waals surface area contributed by atoms with E-state index in [4.69, 9.17) is 16.0 Å². The lowest BCUT2D eigenvalue weighted by atomic mass is 9.72. The molecule has 3 rings (SSSR count). The topological polar surface area (TPSA) is 9.23 Å². The van der Waals surface area contributed by atoms with Crippen molar-refractivity contribution in [2.45, 2.75) is 76.9 Å². The Bertz CT molecular complexity index is 819. The van der Waals surface area contributed by atoms with E-state index in [-0.39, 0.29) is 10.5 Å². The van der Waals surface area contributed by atoms with Crippen LogP contribution < -0.4 is 0 Å². The fourth-order valence-corrected chi connectivity index (χ4v) is 5.45. The van der Waals surface area contributed by atoms with E-state index in [1.54, 1.807) is 0 Å². The number of hydrogen-bond acceptors (Lipinski definition) is 1. The summed E-state index contributed by atoms with van der Waals surface area (Å²) in [6.45, 7) is 14.6. The van der Waals surface area contributed by atoms with Crippen LogP contribution in [0.2, 0.25) is 23.2 Å². The van der Waals surface area contributed by atoms with Gasteiger partial charge >= 0.3 is 0 Å². The Morgan fingerprint density at radius 2 is 1.75 bits per heavy atom. The monoisotopic (exact) mass is 414 g/mol. The van der Waals surface area contributed by atoms with E-state index in [2.05, 4.69) is 77.2 Å². The molecule has 0 spiro atoms. The zero-order valence-electron chi connectivity index (χ0n) is 18.4. The van der Waals surface area contributed by atoms with Crippen LogP contribution in [-0.2, 0) is 16.3 Å². The van der Waals surface area contributed by atoms with Crippen molar-refractivity contribution in [3.8, 4) is 0 Å². The lowest BCUT2D eigenvalue weighted by Crippen LogP contribution is -2.41. The maximum atomic E-state index is 6.48. The van der Waals surface area contributed by atoms with Gasteiger partial charge in [-0.2, -0.15) is 0 Å². The van der Waals surface area contributed by atoms with E-state index < -0.39 is 8.32 Å². The average Bonchev–Trinajstić information content (AvgIpc) is 2.97. The molecule has 0 radical (unpaired) electrons. The maximum absolute atomic E-state index is 6.48. The van der Waals surface area contributed by atoms with Gasteiger partial charge < -0.3 is 4.43 Å². The molecule has 3 heteroatoms. The first-order chi connectivity index (χ1) is 13.1. The van der Waals surface area contributed by atoms with Crippen LogP contribution in [0.4, 0.5) is 0 Å². The highest BCUT2D eigenvalue weighted by atomic mass is 35.5. The summed E-state index contributed by atoms with van der Waals surface area (Å²) in [6, 6.07) is 15.6. The predicted octanol–water partition coefficient (Wildman–Crippen LogP) is 7.68. The molecule has 152 valence electrons. The van der Waals surface area contributed by atoms with Crippen LogP contribution in [0.5, 0.6) is 0 Å². The molecule has 0 saturated carbocycles. The molecule has 0 aromatic heterocycles. The van der Waals surface area contributed by atoms with Gasteiger partial charge in [0.05, 0.1) is 0 Å². The van der Waals surface area contributed by atoms with Crippen LogP contribution in [0.3, 0.4) is 0 Å². The molecule has 0 saturated heterocycles. The molecule has 1 aliphatic rings. The molecule has 0 aliphatic heterocycles. The van der Waals surface area contributed by atoms with Gasteiger partial charge in [0.25, 0.3) is 0 Å². The van der Waals surface area contributed by atoms with Gasteiger partial charge in [-0.15, -0.1) is 0 Å². The molecule has 28 heavy (non-hydrogen) atoms. The van der Waals surface area contributed by atoms with E-state index in [1.807, 2.05) is 6.07 Å². The average molecular weight is 415 g/mol. The highest BCUT2D eigenvalue weighted by molar-refractivity contribution is 6.74. The maximum Gasteiger partial charge on any atom is 0.191 e. The van der Waals surface area contributed by atoms with Crippen LogP contribution in [0, 0.1) is 6.92 Å². The number of halogens is 1. The molecule has 1 aliphatic carbocycles. The van der Waals surface area contributed by atoms with Gasteiger partial charge in [0.15, 0.2) is 8.32 Å². The van der Waals surface area contributed by atoms with Gasteiger partial charge in [-0.1, -0.05) is 68.3 Å². The minimum Gasteiger partial charge on any atom is -0.417 e. The molecule has 2 aromatic carbocycles. The fraction of sp³-hybridized carbons (Fsp3) is 0.520. The Hall–Kier alpha value is -1.09. The number of fused-ring (bicyclic) bond motifs is 1. The van der Waals surface area contributed by atoms with Crippen molar-refractivity contribution < 1.29 is 4.43 Å². The molecule has 0 bridgehead atoms. The summed E-state index contributed by atoms with van der Waals surface area (Å²) in [6.07, 6.45) is 4.47. The highest BCUT2D eigenvalue weighted by Crippen LogP contribution is 2.48. The van der Waals surface area contributed by atoms with Crippen molar-refractivity contribution in [1.29, 1.82) is 0 Å². The molecule has 1 nitrogen and oxygen atoms in total. The largest absolute Gasteiger partial charge is 0.417 e. The van der Waals surface area contributed by atoms with Gasteiger partial charge in [-0.25, -0.2) is 0 Å². The van der Waals surface area contributed by atoms with Crippen LogP contribution in [0.15, 0.2) is 42.5 Å². The molecule has 0 heterocycles. The van der Waals surface area contributed by atoms with Gasteiger partial charge in [0, 0.05) is 17.0 Å². The Balaban J connectivity index is 1.84. The lowest BCUT2D eigenvalue weighted by Gasteiger charge is -2.37. The van der Waals surface area contributed by atoms with Crippen LogP contribution in [0.1, 0.15) is 62.3 Å². The normalized spacial score (nSPS) is 19.7. The zero-order valence-corrected chi connectivity index (χ0v) is 20.1. The molecule has 1 unspecified atom stereocenters. The molecule has 0 amide bonds. The standard InChI is InChI=1S/C25H35ClOSi/c1-19-8-11-21(12-9-19)25(15-7-17-27-28(5,6)24(2,3)4)16-14-20-10-13-22(26)18-23(20)25/h8-13,18H,7,14-17H2,1-6H3. The summed E-state index contributed by atoms with van der Waals surface area (Å²) in [5, 5.41) is 1.10. The Kier molecular flexibility index (Phi) is 6.15. The van der Waals surface area contributed by atoms with Crippen molar-refractivity contribution in [1.82, 2.24) is 0 Å². The first kappa shape index (κ1) is 21.6. The minimum atomic E-state index is -1.69. The van der Waals surface area contributed by atoms with Crippen LogP contribution in [-0.4, -0.2) is 14.9 Å². The number of rotatable bonds is 6. The second-order valence-electron chi connectivity index (χ2n) is 9.96. The second-order valence-corrected chi connectivity index (χ2v) is 15.2. The lowest BCUT2D eigenvalue weighted by molar-refractivity contribution is 0.265. The summed E-state index contributed by atoms with van der Waals surface area (Å²) in [4.78, 5) is 0. The molecular weight excluding hydrogens is 380 g/mol. The smallest absolute Gasteiger partial charge is 0.191 e. The van der Waals surface area contributed by atoms with E-state index in [9.17, 15) is 0 Å². The minimum absolute atomic E-state index is 0.0602. The third-order valence-corrected chi connectivity index (χ3v) is 11.8. The van der Waals surface area contributed by atoms with E-state index in [0.29, 0.717) is 0 Å². The van der Waals surface area contributed by atoms with Gasteiger partial charge in [0.1, 0.15) is 0 Å². The molecule has 0 fully saturated rings. The Morgan fingerprint density at radius 1 is 1.07 bits per heavy atom. The van der Waals surface area contributed by atoms with Crippen molar-refractivity contribution in [2.75, 3.05) is 6.61 Å². The summed E-state index contributed by atoms with van der Waals surface area (Å²) in [7, 11) is -1.69. The Morgan fingerprint density at radius 3 is 2.39 bits per heavy atom. The van der Waals surface area contributed by atoms with Crippen molar-refractivity contribution in [3.05, 3.63) is 69.7 Å². The first-order valence-corrected chi connectivity index (χ1v) is 13.8. The third kappa shape index (κ3) is 4.25. The molecule has 0 N–H and O–H groups in total. The number of aryl methyl sites for hydroxylation is 2. The van der Waals surface area contributed by atoms with Gasteiger partial charge in [-0.05, 0) is 79.6 Å². The highest BCUT2D eigenvalue weighted by Gasteiger charge is 2.41. The number of benzene rings is 2. The van der Waals surface area contributed by atoms with Crippen molar-refractivity contribution in [3.63, 3.8) is 0 Å². The summed E-state index contributed by atoms with van der Waals surface area (Å²) < 4.78 is 6.48. The first-order valence-electron chi connectivity index (χ1n) is 10.6. The van der Waals surface area contributed by atoms with E-state index >= 15 is 0 Å². The molecule has 2 aromatic rings. The molecule has 1 atom stereocenters. The molecular formula is C25H35ClOSi.